The van der Waals surface area contributed by atoms with Crippen molar-refractivity contribution in [3.05, 3.63) is 28.2 Å². The molecule has 0 amide bonds. The van der Waals surface area contributed by atoms with E-state index in [1.807, 2.05) is 13.8 Å². The standard InChI is InChI=1S/C9H11Cl2N3/c1-6-5-13-7(2)9(14-6)12-4-3-8(10)11/h3,5H,4H2,1-2H3,(H,12,14). The van der Waals surface area contributed by atoms with Crippen LogP contribution in [0.3, 0.4) is 0 Å². The van der Waals surface area contributed by atoms with Crippen molar-refractivity contribution in [2.24, 2.45) is 0 Å². The molecule has 5 heteroatoms. The van der Waals surface area contributed by atoms with Crippen LogP contribution in [0.15, 0.2) is 16.8 Å². The van der Waals surface area contributed by atoms with Crippen molar-refractivity contribution in [1.82, 2.24) is 9.97 Å². The zero-order chi connectivity index (χ0) is 10.6. The minimum absolute atomic E-state index is 0.246. The molecule has 0 fully saturated rings. The molecule has 1 heterocycles. The number of aromatic nitrogens is 2. The van der Waals surface area contributed by atoms with Crippen molar-refractivity contribution in [2.75, 3.05) is 11.9 Å². The van der Waals surface area contributed by atoms with Gasteiger partial charge < -0.3 is 5.32 Å². The van der Waals surface area contributed by atoms with Crippen LogP contribution in [0.25, 0.3) is 0 Å². The highest BCUT2D eigenvalue weighted by Gasteiger charge is 1.99. The smallest absolute Gasteiger partial charge is 0.147 e. The topological polar surface area (TPSA) is 37.8 Å². The van der Waals surface area contributed by atoms with E-state index in [9.17, 15) is 0 Å². The summed E-state index contributed by atoms with van der Waals surface area (Å²) in [5, 5.41) is 3.07. The molecular weight excluding hydrogens is 221 g/mol. The average Bonchev–Trinajstić information content (AvgIpc) is 2.10. The van der Waals surface area contributed by atoms with Crippen LogP contribution in [-0.2, 0) is 0 Å². The van der Waals surface area contributed by atoms with Gasteiger partial charge in [0.15, 0.2) is 0 Å². The number of rotatable bonds is 3. The number of nitrogens with zero attached hydrogens (tertiary/aromatic N) is 2. The normalized spacial score (nSPS) is 9.71. The Bertz CT molecular complexity index is 346. The van der Waals surface area contributed by atoms with Crippen molar-refractivity contribution in [1.29, 1.82) is 0 Å². The maximum Gasteiger partial charge on any atom is 0.147 e. The van der Waals surface area contributed by atoms with Gasteiger partial charge in [-0.3, -0.25) is 4.98 Å². The number of hydrogen-bond donors (Lipinski definition) is 1. The van der Waals surface area contributed by atoms with Crippen LogP contribution in [0.4, 0.5) is 5.82 Å². The molecule has 0 saturated heterocycles. The maximum atomic E-state index is 5.47. The predicted octanol–water partition coefficient (Wildman–Crippen LogP) is 2.82. The fraction of sp³-hybridized carbons (Fsp3) is 0.333. The molecule has 0 unspecified atom stereocenters. The van der Waals surface area contributed by atoms with Gasteiger partial charge in [-0.1, -0.05) is 23.2 Å². The minimum atomic E-state index is 0.246. The number of nitrogens with one attached hydrogen (secondary N) is 1. The quantitative estimate of drug-likeness (QED) is 0.870. The third-order valence-corrected chi connectivity index (χ3v) is 1.91. The third-order valence-electron chi connectivity index (χ3n) is 1.60. The summed E-state index contributed by atoms with van der Waals surface area (Å²) in [4.78, 5) is 8.45. The first-order valence-electron chi connectivity index (χ1n) is 4.15. The van der Waals surface area contributed by atoms with Crippen LogP contribution >= 0.6 is 23.2 Å². The molecular formula is C9H11Cl2N3. The lowest BCUT2D eigenvalue weighted by Crippen LogP contribution is -2.04. The van der Waals surface area contributed by atoms with Crippen LogP contribution in [0.5, 0.6) is 0 Å². The zero-order valence-electron chi connectivity index (χ0n) is 8.01. The molecule has 76 valence electrons. The van der Waals surface area contributed by atoms with Gasteiger partial charge in [0.2, 0.25) is 0 Å². The molecule has 0 aliphatic heterocycles. The highest BCUT2D eigenvalue weighted by Crippen LogP contribution is 2.09. The second-order valence-corrected chi connectivity index (χ2v) is 3.83. The van der Waals surface area contributed by atoms with Crippen LogP contribution in [-0.4, -0.2) is 16.5 Å². The molecule has 0 bridgehead atoms. The van der Waals surface area contributed by atoms with E-state index >= 15 is 0 Å². The molecule has 1 N–H and O–H groups in total. The van der Waals surface area contributed by atoms with Gasteiger partial charge in [-0.25, -0.2) is 4.98 Å². The lowest BCUT2D eigenvalue weighted by molar-refractivity contribution is 1.05. The second kappa shape index (κ2) is 5.17. The van der Waals surface area contributed by atoms with Crippen molar-refractivity contribution in [2.45, 2.75) is 13.8 Å². The van der Waals surface area contributed by atoms with Gasteiger partial charge >= 0.3 is 0 Å². The van der Waals surface area contributed by atoms with E-state index in [1.54, 1.807) is 12.3 Å². The summed E-state index contributed by atoms with van der Waals surface area (Å²) < 4.78 is 0.246. The molecule has 0 aliphatic carbocycles. The van der Waals surface area contributed by atoms with Gasteiger partial charge in [0.05, 0.1) is 11.4 Å². The van der Waals surface area contributed by atoms with Crippen LogP contribution in [0.2, 0.25) is 0 Å². The van der Waals surface area contributed by atoms with E-state index < -0.39 is 0 Å². The molecule has 0 radical (unpaired) electrons. The van der Waals surface area contributed by atoms with Crippen molar-refractivity contribution in [3.8, 4) is 0 Å². The summed E-state index contributed by atoms with van der Waals surface area (Å²) in [7, 11) is 0. The van der Waals surface area contributed by atoms with E-state index in [0.29, 0.717) is 6.54 Å². The largest absolute Gasteiger partial charge is 0.365 e. The average molecular weight is 232 g/mol. The van der Waals surface area contributed by atoms with Crippen molar-refractivity contribution >= 4 is 29.0 Å². The fourth-order valence-electron chi connectivity index (χ4n) is 0.930. The molecule has 0 aromatic carbocycles. The zero-order valence-corrected chi connectivity index (χ0v) is 9.52. The highest BCUT2D eigenvalue weighted by atomic mass is 35.5. The summed E-state index contributed by atoms with van der Waals surface area (Å²) in [5.41, 5.74) is 1.73. The Hall–Kier alpha value is -0.800. The van der Waals surface area contributed by atoms with Crippen molar-refractivity contribution < 1.29 is 0 Å². The van der Waals surface area contributed by atoms with Crippen LogP contribution in [0.1, 0.15) is 11.4 Å². The van der Waals surface area contributed by atoms with E-state index in [-0.39, 0.29) is 4.49 Å². The summed E-state index contributed by atoms with van der Waals surface area (Å²) in [6, 6.07) is 0. The molecule has 0 atom stereocenters. The van der Waals surface area contributed by atoms with E-state index in [4.69, 9.17) is 23.2 Å². The van der Waals surface area contributed by atoms with Gasteiger partial charge in [0.25, 0.3) is 0 Å². The molecule has 14 heavy (non-hydrogen) atoms. The number of halogens is 2. The van der Waals surface area contributed by atoms with Gasteiger partial charge in [-0.05, 0) is 19.9 Å². The highest BCUT2D eigenvalue weighted by molar-refractivity contribution is 6.55. The Kier molecular flexibility index (Phi) is 4.17. The van der Waals surface area contributed by atoms with Gasteiger partial charge in [-0.15, -0.1) is 0 Å². The first-order valence-corrected chi connectivity index (χ1v) is 4.90. The molecule has 1 aromatic rings. The molecule has 0 saturated carbocycles. The number of hydrogen-bond acceptors (Lipinski definition) is 3. The number of aryl methyl sites for hydroxylation is 2. The molecule has 0 spiro atoms. The van der Waals surface area contributed by atoms with Crippen LogP contribution < -0.4 is 5.32 Å². The fourth-order valence-corrected chi connectivity index (χ4v) is 1.08. The summed E-state index contributed by atoms with van der Waals surface area (Å²) >= 11 is 10.9. The predicted molar refractivity (Wildman–Crippen MR) is 59.8 cm³/mol. The SMILES string of the molecule is Cc1cnc(C)c(NCC=C(Cl)Cl)n1. The Morgan fingerprint density at radius 1 is 1.50 bits per heavy atom. The second-order valence-electron chi connectivity index (χ2n) is 2.82. The first-order chi connectivity index (χ1) is 6.59. The molecule has 0 aliphatic rings. The van der Waals surface area contributed by atoms with Crippen molar-refractivity contribution in [3.63, 3.8) is 0 Å². The number of anilines is 1. The monoisotopic (exact) mass is 231 g/mol. The molecule has 1 rings (SSSR count). The minimum Gasteiger partial charge on any atom is -0.365 e. The Morgan fingerprint density at radius 3 is 2.86 bits per heavy atom. The maximum absolute atomic E-state index is 5.47. The summed E-state index contributed by atoms with van der Waals surface area (Å²) in [5.74, 6) is 0.760. The van der Waals surface area contributed by atoms with E-state index in [0.717, 1.165) is 17.2 Å². The summed E-state index contributed by atoms with van der Waals surface area (Å²) in [6.07, 6.45) is 3.39. The van der Waals surface area contributed by atoms with Gasteiger partial charge in [0, 0.05) is 12.7 Å². The first kappa shape index (κ1) is 11.3. The third kappa shape index (κ3) is 3.52. The summed E-state index contributed by atoms with van der Waals surface area (Å²) in [6.45, 7) is 4.32. The lowest BCUT2D eigenvalue weighted by Gasteiger charge is -2.05. The van der Waals surface area contributed by atoms with E-state index in [2.05, 4.69) is 15.3 Å². The van der Waals surface area contributed by atoms with E-state index in [1.165, 1.54) is 0 Å². The molecule has 1 aromatic heterocycles. The Labute approximate surface area is 93.2 Å². The van der Waals surface area contributed by atoms with Gasteiger partial charge in [-0.2, -0.15) is 0 Å². The molecule has 3 nitrogen and oxygen atoms in total. The Balaban J connectivity index is 2.67. The van der Waals surface area contributed by atoms with Crippen LogP contribution in [0, 0.1) is 13.8 Å². The van der Waals surface area contributed by atoms with Gasteiger partial charge in [0.1, 0.15) is 10.3 Å². The lowest BCUT2D eigenvalue weighted by atomic mass is 10.4. The Morgan fingerprint density at radius 2 is 2.21 bits per heavy atom.